The lowest BCUT2D eigenvalue weighted by atomic mass is 9.93. The van der Waals surface area contributed by atoms with Crippen molar-refractivity contribution >= 4 is 5.97 Å². The van der Waals surface area contributed by atoms with E-state index in [4.69, 9.17) is 14.6 Å². The standard InChI is InChI=1S/C9H12O5/c1-13-6-3-4-9(12,8(10)11)5-7(6)14-2/h3-4,12H,5H2,1-2H3,(H,10,11). The minimum Gasteiger partial charge on any atom is -0.497 e. The summed E-state index contributed by atoms with van der Waals surface area (Å²) < 4.78 is 9.85. The summed E-state index contributed by atoms with van der Waals surface area (Å²) in [7, 11) is 2.85. The molecule has 0 spiro atoms. The highest BCUT2D eigenvalue weighted by atomic mass is 16.5. The Morgan fingerprint density at radius 1 is 1.50 bits per heavy atom. The summed E-state index contributed by atoms with van der Waals surface area (Å²) in [5.74, 6) is -0.559. The van der Waals surface area contributed by atoms with Crippen molar-refractivity contribution in [2.45, 2.75) is 12.0 Å². The Bertz CT molecular complexity index is 304. The number of hydrogen-bond acceptors (Lipinski definition) is 4. The maximum atomic E-state index is 10.7. The number of carboxylic acid groups (broad SMARTS) is 1. The van der Waals surface area contributed by atoms with Gasteiger partial charge >= 0.3 is 5.97 Å². The molecule has 78 valence electrons. The average molecular weight is 200 g/mol. The first-order valence-corrected chi connectivity index (χ1v) is 3.99. The van der Waals surface area contributed by atoms with Crippen LogP contribution in [-0.4, -0.2) is 36.0 Å². The van der Waals surface area contributed by atoms with Gasteiger partial charge in [0.2, 0.25) is 0 Å². The topological polar surface area (TPSA) is 76.0 Å². The first kappa shape index (κ1) is 10.6. The highest BCUT2D eigenvalue weighted by Crippen LogP contribution is 2.27. The molecule has 14 heavy (non-hydrogen) atoms. The van der Waals surface area contributed by atoms with Crippen molar-refractivity contribution in [3.8, 4) is 0 Å². The van der Waals surface area contributed by atoms with E-state index in [1.807, 2.05) is 0 Å². The molecule has 2 N–H and O–H groups in total. The molecule has 1 unspecified atom stereocenters. The average Bonchev–Trinajstić information content (AvgIpc) is 2.17. The molecule has 0 bridgehead atoms. The van der Waals surface area contributed by atoms with Crippen LogP contribution in [0.5, 0.6) is 0 Å². The van der Waals surface area contributed by atoms with Crippen LogP contribution in [0.4, 0.5) is 0 Å². The van der Waals surface area contributed by atoms with Crippen molar-refractivity contribution in [1.29, 1.82) is 0 Å². The van der Waals surface area contributed by atoms with E-state index < -0.39 is 11.6 Å². The zero-order valence-electron chi connectivity index (χ0n) is 7.98. The zero-order chi connectivity index (χ0) is 10.8. The van der Waals surface area contributed by atoms with Crippen LogP contribution in [0.1, 0.15) is 6.42 Å². The normalized spacial score (nSPS) is 26.2. The predicted molar refractivity (Wildman–Crippen MR) is 47.4 cm³/mol. The summed E-state index contributed by atoms with van der Waals surface area (Å²) in [6.45, 7) is 0. The predicted octanol–water partition coefficient (Wildman–Crippen LogP) is 0.266. The van der Waals surface area contributed by atoms with Gasteiger partial charge < -0.3 is 19.7 Å². The Kier molecular flexibility index (Phi) is 2.81. The number of hydrogen-bond donors (Lipinski definition) is 2. The van der Waals surface area contributed by atoms with E-state index in [1.54, 1.807) is 0 Å². The lowest BCUT2D eigenvalue weighted by molar-refractivity contribution is -0.154. The third kappa shape index (κ3) is 1.72. The summed E-state index contributed by atoms with van der Waals surface area (Å²) in [4.78, 5) is 10.7. The Morgan fingerprint density at radius 3 is 2.57 bits per heavy atom. The molecule has 0 aliphatic heterocycles. The molecule has 1 rings (SSSR count). The minimum absolute atomic E-state index is 0.126. The van der Waals surface area contributed by atoms with Crippen molar-refractivity contribution in [3.05, 3.63) is 23.7 Å². The molecule has 0 radical (unpaired) electrons. The van der Waals surface area contributed by atoms with E-state index in [1.165, 1.54) is 26.4 Å². The fourth-order valence-corrected chi connectivity index (χ4v) is 1.20. The summed E-state index contributed by atoms with van der Waals surface area (Å²) in [5, 5.41) is 18.4. The lowest BCUT2D eigenvalue weighted by Gasteiger charge is -2.25. The van der Waals surface area contributed by atoms with Gasteiger partial charge in [-0.05, 0) is 12.2 Å². The Hall–Kier alpha value is -1.49. The summed E-state index contributed by atoms with van der Waals surface area (Å²) in [6.07, 6.45) is 2.44. The molecular formula is C9H12O5. The van der Waals surface area contributed by atoms with E-state index in [-0.39, 0.29) is 6.42 Å². The van der Waals surface area contributed by atoms with Crippen molar-refractivity contribution in [2.24, 2.45) is 0 Å². The SMILES string of the molecule is COC1=C(OC)CC(O)(C(=O)O)C=C1. The van der Waals surface area contributed by atoms with Crippen molar-refractivity contribution in [3.63, 3.8) is 0 Å². The van der Waals surface area contributed by atoms with Crippen LogP contribution in [0.2, 0.25) is 0 Å². The van der Waals surface area contributed by atoms with Gasteiger partial charge in [0.05, 0.1) is 20.6 Å². The van der Waals surface area contributed by atoms with Crippen LogP contribution >= 0.6 is 0 Å². The van der Waals surface area contributed by atoms with E-state index in [0.717, 1.165) is 0 Å². The molecule has 1 aliphatic rings. The quantitative estimate of drug-likeness (QED) is 0.683. The second-order valence-electron chi connectivity index (χ2n) is 2.94. The smallest absolute Gasteiger partial charge is 0.340 e. The zero-order valence-corrected chi connectivity index (χ0v) is 7.98. The van der Waals surface area contributed by atoms with Gasteiger partial charge in [0, 0.05) is 0 Å². The molecule has 5 heteroatoms. The fraction of sp³-hybridized carbons (Fsp3) is 0.444. The third-order valence-electron chi connectivity index (χ3n) is 2.05. The van der Waals surface area contributed by atoms with Gasteiger partial charge in [-0.25, -0.2) is 4.79 Å². The number of allylic oxidation sites excluding steroid dienone is 1. The lowest BCUT2D eigenvalue weighted by Crippen LogP contribution is -2.38. The van der Waals surface area contributed by atoms with Gasteiger partial charge in [0.25, 0.3) is 0 Å². The third-order valence-corrected chi connectivity index (χ3v) is 2.05. The number of aliphatic carboxylic acids is 1. The second kappa shape index (κ2) is 3.71. The van der Waals surface area contributed by atoms with Gasteiger partial charge in [-0.2, -0.15) is 0 Å². The van der Waals surface area contributed by atoms with Gasteiger partial charge in [-0.3, -0.25) is 0 Å². The molecule has 0 aromatic rings. The molecule has 0 saturated heterocycles. The molecule has 1 atom stereocenters. The molecule has 5 nitrogen and oxygen atoms in total. The van der Waals surface area contributed by atoms with Crippen molar-refractivity contribution in [1.82, 2.24) is 0 Å². The number of rotatable bonds is 3. The molecule has 0 saturated carbocycles. The maximum Gasteiger partial charge on any atom is 0.340 e. The van der Waals surface area contributed by atoms with E-state index >= 15 is 0 Å². The van der Waals surface area contributed by atoms with Crippen LogP contribution in [0.3, 0.4) is 0 Å². The number of carboxylic acids is 1. The number of ether oxygens (including phenoxy) is 2. The van der Waals surface area contributed by atoms with Gasteiger partial charge in [0.1, 0.15) is 5.76 Å². The van der Waals surface area contributed by atoms with Crippen LogP contribution in [0.15, 0.2) is 23.7 Å². The van der Waals surface area contributed by atoms with Crippen LogP contribution in [0, 0.1) is 0 Å². The largest absolute Gasteiger partial charge is 0.497 e. The minimum atomic E-state index is -1.90. The molecule has 0 aromatic heterocycles. The van der Waals surface area contributed by atoms with Gasteiger partial charge in [0.15, 0.2) is 11.4 Å². The fourth-order valence-electron chi connectivity index (χ4n) is 1.20. The molecule has 1 aliphatic carbocycles. The Balaban J connectivity index is 2.97. The highest BCUT2D eigenvalue weighted by molar-refractivity contribution is 5.80. The maximum absolute atomic E-state index is 10.7. The Morgan fingerprint density at radius 2 is 2.14 bits per heavy atom. The summed E-state index contributed by atoms with van der Waals surface area (Å²) in [5.41, 5.74) is -1.90. The van der Waals surface area contributed by atoms with Crippen LogP contribution in [0.25, 0.3) is 0 Å². The van der Waals surface area contributed by atoms with Crippen molar-refractivity contribution < 1.29 is 24.5 Å². The highest BCUT2D eigenvalue weighted by Gasteiger charge is 2.38. The number of aliphatic hydroxyl groups is 1. The summed E-state index contributed by atoms with van der Waals surface area (Å²) in [6, 6.07) is 0. The summed E-state index contributed by atoms with van der Waals surface area (Å²) >= 11 is 0. The molecule has 0 fully saturated rings. The van der Waals surface area contributed by atoms with Crippen LogP contribution in [-0.2, 0) is 14.3 Å². The molecule has 0 aromatic carbocycles. The first-order chi connectivity index (χ1) is 6.53. The first-order valence-electron chi connectivity index (χ1n) is 3.99. The van der Waals surface area contributed by atoms with E-state index in [0.29, 0.717) is 11.5 Å². The number of carbonyl (C=O) groups is 1. The van der Waals surface area contributed by atoms with Gasteiger partial charge in [-0.1, -0.05) is 0 Å². The van der Waals surface area contributed by atoms with Gasteiger partial charge in [-0.15, -0.1) is 0 Å². The van der Waals surface area contributed by atoms with Crippen LogP contribution < -0.4 is 0 Å². The molecule has 0 amide bonds. The van der Waals surface area contributed by atoms with E-state index in [9.17, 15) is 9.90 Å². The monoisotopic (exact) mass is 200 g/mol. The Labute approximate surface area is 81.3 Å². The molecular weight excluding hydrogens is 188 g/mol. The van der Waals surface area contributed by atoms with E-state index in [2.05, 4.69) is 0 Å². The molecule has 0 heterocycles. The second-order valence-corrected chi connectivity index (χ2v) is 2.94. The van der Waals surface area contributed by atoms with Crippen molar-refractivity contribution in [2.75, 3.05) is 14.2 Å². The number of methoxy groups -OCH3 is 2.